The van der Waals surface area contributed by atoms with Gasteiger partial charge in [0.1, 0.15) is 17.5 Å². The minimum Gasteiger partial charge on any atom is -0.399 e. The number of benzene rings is 2. The van der Waals surface area contributed by atoms with Gasteiger partial charge >= 0.3 is 0 Å². The predicted molar refractivity (Wildman–Crippen MR) is 74.4 cm³/mol. The quantitative estimate of drug-likeness (QED) is 0.640. The Hall–Kier alpha value is -1.14. The number of nitrogens with two attached hydrogens (primary N) is 1. The molecule has 0 unspecified atom stereocenters. The summed E-state index contributed by atoms with van der Waals surface area (Å²) >= 11 is 4.04. The molecule has 6 heteroatoms. The molecule has 2 N–H and O–H groups in total. The molecule has 0 aromatic heterocycles. The summed E-state index contributed by atoms with van der Waals surface area (Å²) in [5.74, 6) is -1.75. The second-order valence-corrected chi connectivity index (χ2v) is 5.74. The van der Waals surface area contributed by atoms with Crippen LogP contribution in [0.1, 0.15) is 5.56 Å². The Morgan fingerprint density at radius 1 is 1.00 bits per heavy atom. The monoisotopic (exact) mass is 347 g/mol. The number of rotatable bonds is 3. The standard InChI is InChI=1S/C13H9BrF3NS/c14-8-2-1-7(10(15)3-8)6-19-13-11(16)4-9(18)5-12(13)17/h1-5H,6,18H2. The zero-order valence-electron chi connectivity index (χ0n) is 9.59. The van der Waals surface area contributed by atoms with E-state index < -0.39 is 17.5 Å². The molecular weight excluding hydrogens is 339 g/mol. The first-order chi connectivity index (χ1) is 8.97. The zero-order valence-corrected chi connectivity index (χ0v) is 12.0. The van der Waals surface area contributed by atoms with Gasteiger partial charge in [-0.05, 0) is 29.8 Å². The summed E-state index contributed by atoms with van der Waals surface area (Å²) in [4.78, 5) is -0.156. The van der Waals surface area contributed by atoms with E-state index in [1.54, 1.807) is 12.1 Å². The number of halogens is 4. The molecule has 0 heterocycles. The van der Waals surface area contributed by atoms with Crippen molar-refractivity contribution >= 4 is 33.4 Å². The third-order valence-corrected chi connectivity index (χ3v) is 4.04. The molecule has 0 bridgehead atoms. The van der Waals surface area contributed by atoms with E-state index in [1.807, 2.05) is 0 Å². The van der Waals surface area contributed by atoms with Crippen molar-refractivity contribution in [2.24, 2.45) is 0 Å². The maximum Gasteiger partial charge on any atom is 0.141 e. The Morgan fingerprint density at radius 3 is 2.21 bits per heavy atom. The first-order valence-electron chi connectivity index (χ1n) is 5.28. The average Bonchev–Trinajstić information content (AvgIpc) is 2.30. The highest BCUT2D eigenvalue weighted by molar-refractivity contribution is 9.10. The fourth-order valence-electron chi connectivity index (χ4n) is 1.51. The Labute approximate surface area is 121 Å². The Kier molecular flexibility index (Phi) is 4.42. The van der Waals surface area contributed by atoms with Crippen LogP contribution < -0.4 is 5.73 Å². The van der Waals surface area contributed by atoms with Gasteiger partial charge in [0.05, 0.1) is 4.90 Å². The van der Waals surface area contributed by atoms with Gasteiger partial charge in [-0.15, -0.1) is 11.8 Å². The number of thioether (sulfide) groups is 1. The molecule has 0 saturated heterocycles. The lowest BCUT2D eigenvalue weighted by Gasteiger charge is -2.07. The van der Waals surface area contributed by atoms with Gasteiger partial charge in [-0.3, -0.25) is 0 Å². The van der Waals surface area contributed by atoms with Crippen LogP contribution in [0.15, 0.2) is 39.7 Å². The highest BCUT2D eigenvalue weighted by Crippen LogP contribution is 2.31. The molecule has 0 saturated carbocycles. The van der Waals surface area contributed by atoms with Crippen LogP contribution >= 0.6 is 27.7 Å². The highest BCUT2D eigenvalue weighted by atomic mass is 79.9. The van der Waals surface area contributed by atoms with Crippen molar-refractivity contribution < 1.29 is 13.2 Å². The van der Waals surface area contributed by atoms with Crippen molar-refractivity contribution in [1.82, 2.24) is 0 Å². The smallest absolute Gasteiger partial charge is 0.141 e. The fourth-order valence-corrected chi connectivity index (χ4v) is 2.77. The van der Waals surface area contributed by atoms with Crippen LogP contribution in [0.5, 0.6) is 0 Å². The van der Waals surface area contributed by atoms with E-state index in [0.717, 1.165) is 23.9 Å². The van der Waals surface area contributed by atoms with Crippen LogP contribution in [0.3, 0.4) is 0 Å². The lowest BCUT2D eigenvalue weighted by atomic mass is 10.2. The first kappa shape index (κ1) is 14.3. The van der Waals surface area contributed by atoms with Crippen molar-refractivity contribution in [1.29, 1.82) is 0 Å². The minimum atomic E-state index is -0.736. The molecule has 2 aromatic rings. The molecule has 0 aliphatic heterocycles. The summed E-state index contributed by atoms with van der Waals surface area (Å²) in [6.07, 6.45) is 0. The average molecular weight is 348 g/mol. The largest absolute Gasteiger partial charge is 0.399 e. The van der Waals surface area contributed by atoms with Gasteiger partial charge in [-0.1, -0.05) is 22.0 Å². The van der Waals surface area contributed by atoms with Crippen molar-refractivity contribution in [3.63, 3.8) is 0 Å². The molecule has 2 aromatic carbocycles. The molecule has 1 nitrogen and oxygen atoms in total. The summed E-state index contributed by atoms with van der Waals surface area (Å²) in [5, 5.41) is 0. The molecule has 19 heavy (non-hydrogen) atoms. The fraction of sp³-hybridized carbons (Fsp3) is 0.0769. The van der Waals surface area contributed by atoms with Crippen LogP contribution in [0, 0.1) is 17.5 Å². The highest BCUT2D eigenvalue weighted by Gasteiger charge is 2.12. The van der Waals surface area contributed by atoms with Crippen molar-refractivity contribution in [3.8, 4) is 0 Å². The summed E-state index contributed by atoms with van der Waals surface area (Å²) in [5.41, 5.74) is 5.72. The summed E-state index contributed by atoms with van der Waals surface area (Å²) in [6.45, 7) is 0. The third kappa shape index (κ3) is 3.45. The molecule has 2 rings (SSSR count). The minimum absolute atomic E-state index is 0.0224. The van der Waals surface area contributed by atoms with Crippen molar-refractivity contribution in [2.45, 2.75) is 10.6 Å². The van der Waals surface area contributed by atoms with Crippen LogP contribution in [0.25, 0.3) is 0 Å². The molecule has 0 atom stereocenters. The molecule has 0 fully saturated rings. The zero-order chi connectivity index (χ0) is 14.0. The van der Waals surface area contributed by atoms with Crippen LogP contribution in [0.2, 0.25) is 0 Å². The normalized spacial score (nSPS) is 10.7. The van der Waals surface area contributed by atoms with Crippen LogP contribution in [-0.2, 0) is 5.75 Å². The Morgan fingerprint density at radius 2 is 1.63 bits per heavy atom. The SMILES string of the molecule is Nc1cc(F)c(SCc2ccc(Br)cc2F)c(F)c1. The topological polar surface area (TPSA) is 26.0 Å². The third-order valence-electron chi connectivity index (χ3n) is 2.41. The number of nitrogen functional groups attached to an aromatic ring is 1. The second-order valence-electron chi connectivity index (χ2n) is 3.84. The number of hydrogen-bond donors (Lipinski definition) is 1. The predicted octanol–water partition coefficient (Wildman–Crippen LogP) is 4.74. The van der Waals surface area contributed by atoms with E-state index in [1.165, 1.54) is 6.07 Å². The molecule has 0 aliphatic rings. The van der Waals surface area contributed by atoms with E-state index in [-0.39, 0.29) is 16.3 Å². The van der Waals surface area contributed by atoms with Gasteiger partial charge in [0.25, 0.3) is 0 Å². The maximum atomic E-state index is 13.6. The lowest BCUT2D eigenvalue weighted by Crippen LogP contribution is -1.94. The van der Waals surface area contributed by atoms with Crippen LogP contribution in [0.4, 0.5) is 18.9 Å². The molecule has 0 amide bonds. The Balaban J connectivity index is 2.19. The first-order valence-corrected chi connectivity index (χ1v) is 7.06. The van der Waals surface area contributed by atoms with Gasteiger partial charge in [0.15, 0.2) is 0 Å². The lowest BCUT2D eigenvalue weighted by molar-refractivity contribution is 0.541. The maximum absolute atomic E-state index is 13.6. The molecular formula is C13H9BrF3NS. The number of hydrogen-bond acceptors (Lipinski definition) is 2. The molecule has 0 spiro atoms. The van der Waals surface area contributed by atoms with Gasteiger partial charge in [-0.2, -0.15) is 0 Å². The summed E-state index contributed by atoms with van der Waals surface area (Å²) in [7, 11) is 0. The Bertz CT molecular complexity index is 596. The van der Waals surface area contributed by atoms with Crippen molar-refractivity contribution in [3.05, 3.63) is 57.8 Å². The van der Waals surface area contributed by atoms with Gasteiger partial charge in [0.2, 0.25) is 0 Å². The molecule has 100 valence electrons. The second kappa shape index (κ2) is 5.88. The van der Waals surface area contributed by atoms with Crippen LogP contribution in [-0.4, -0.2) is 0 Å². The summed E-state index contributed by atoms with van der Waals surface area (Å²) < 4.78 is 41.3. The molecule has 0 radical (unpaired) electrons. The van der Waals surface area contributed by atoms with Gasteiger partial charge in [-0.25, -0.2) is 13.2 Å². The molecule has 0 aliphatic carbocycles. The van der Waals surface area contributed by atoms with E-state index in [9.17, 15) is 13.2 Å². The van der Waals surface area contributed by atoms with Gasteiger partial charge in [0, 0.05) is 15.9 Å². The van der Waals surface area contributed by atoms with Gasteiger partial charge < -0.3 is 5.73 Å². The van der Waals surface area contributed by atoms with E-state index in [0.29, 0.717) is 10.0 Å². The van der Waals surface area contributed by atoms with Crippen molar-refractivity contribution in [2.75, 3.05) is 5.73 Å². The summed E-state index contributed by atoms with van der Waals surface area (Å²) in [6, 6.07) is 6.65. The number of anilines is 1. The van der Waals surface area contributed by atoms with E-state index in [4.69, 9.17) is 5.73 Å². The van der Waals surface area contributed by atoms with E-state index >= 15 is 0 Å². The van der Waals surface area contributed by atoms with E-state index in [2.05, 4.69) is 15.9 Å².